The quantitative estimate of drug-likeness (QED) is 0.157. The number of phenolic OH excluding ortho intramolecular Hbond substituents is 3. The minimum Gasteiger partial charge on any atom is -0.507 e. The minimum absolute atomic E-state index is 0.401. The van der Waals surface area contributed by atoms with Gasteiger partial charge in [-0.05, 0) is 196 Å². The van der Waals surface area contributed by atoms with Crippen molar-refractivity contribution in [1.82, 2.24) is 24.5 Å². The Morgan fingerprint density at radius 1 is 0.389 bits per heavy atom. The Bertz CT molecular complexity index is 1590. The van der Waals surface area contributed by atoms with Crippen LogP contribution >= 0.6 is 0 Å². The van der Waals surface area contributed by atoms with E-state index in [1.165, 1.54) is 75.3 Å². The summed E-state index contributed by atoms with van der Waals surface area (Å²) in [4.78, 5) is 12.5. The predicted octanol–water partition coefficient (Wildman–Crippen LogP) is 7.45. The third-order valence-electron chi connectivity index (χ3n) is 13.6. The normalized spacial score (nSPS) is 21.0. The van der Waals surface area contributed by atoms with Gasteiger partial charge in [0.05, 0.1) is 0 Å². The maximum absolute atomic E-state index is 12.0. The fourth-order valence-electron chi connectivity index (χ4n) is 10.2. The fourth-order valence-corrected chi connectivity index (χ4v) is 10.2. The highest BCUT2D eigenvalue weighted by Gasteiger charge is 2.36. The molecule has 0 bridgehead atoms. The van der Waals surface area contributed by atoms with Crippen LogP contribution in [0.2, 0.25) is 0 Å². The fraction of sp³-hybridized carbons (Fsp3) is 0.609. The number of hydrogen-bond donors (Lipinski definition) is 3. The molecule has 8 rings (SSSR count). The molecule has 3 aromatic rings. The summed E-state index contributed by atoms with van der Waals surface area (Å²) in [6.07, 6.45) is 12.1. The lowest BCUT2D eigenvalue weighted by Gasteiger charge is -2.36. The van der Waals surface area contributed by atoms with E-state index in [2.05, 4.69) is 74.7 Å². The first-order chi connectivity index (χ1) is 26.2. The molecule has 0 amide bonds. The lowest BCUT2D eigenvalue weighted by Crippen LogP contribution is -2.29. The number of aromatic hydroxyl groups is 3. The number of likely N-dealkylation sites (tertiary alicyclic amines) is 5. The molecule has 0 radical (unpaired) electrons. The molecular weight excluding hydrogens is 671 g/mol. The average Bonchev–Trinajstić information content (AvgIpc) is 4.02. The van der Waals surface area contributed by atoms with Gasteiger partial charge in [0.1, 0.15) is 17.2 Å². The van der Waals surface area contributed by atoms with Crippen LogP contribution in [0.15, 0.2) is 36.4 Å². The second-order valence-corrected chi connectivity index (χ2v) is 17.6. The van der Waals surface area contributed by atoms with Crippen LogP contribution in [-0.4, -0.2) is 105 Å². The number of benzene rings is 3. The van der Waals surface area contributed by atoms with E-state index in [9.17, 15) is 15.3 Å². The van der Waals surface area contributed by atoms with Gasteiger partial charge >= 0.3 is 0 Å². The van der Waals surface area contributed by atoms with Crippen LogP contribution in [-0.2, 0) is 38.1 Å². The molecular formula is C46H65N5O3. The van der Waals surface area contributed by atoms with Crippen LogP contribution < -0.4 is 0 Å². The highest BCUT2D eigenvalue weighted by Crippen LogP contribution is 2.46. The molecule has 0 aliphatic carbocycles. The van der Waals surface area contributed by atoms with Crippen molar-refractivity contribution in [3.05, 3.63) is 86.5 Å². The molecule has 5 fully saturated rings. The monoisotopic (exact) mass is 736 g/mol. The molecule has 5 aliphatic rings. The zero-order valence-electron chi connectivity index (χ0n) is 33.2. The van der Waals surface area contributed by atoms with Crippen molar-refractivity contribution in [2.75, 3.05) is 65.4 Å². The molecule has 8 heteroatoms. The second-order valence-electron chi connectivity index (χ2n) is 17.6. The molecule has 5 saturated heterocycles. The summed E-state index contributed by atoms with van der Waals surface area (Å²) in [7, 11) is 0. The summed E-state index contributed by atoms with van der Waals surface area (Å²) < 4.78 is 0. The molecule has 5 aliphatic heterocycles. The van der Waals surface area contributed by atoms with Gasteiger partial charge in [0.2, 0.25) is 0 Å². The van der Waals surface area contributed by atoms with Crippen molar-refractivity contribution in [3.8, 4) is 17.2 Å². The molecule has 54 heavy (non-hydrogen) atoms. The standard InChI is InChI=1S/C46H65N5O3/c1-34-23-40(24-35(43(34)52)29-47-13-3-4-14-47)46(2,41-25-36(30-48-15-5-6-16-48)44(53)37(26-41)31-49-17-7-8-18-49)42-27-38(32-50-19-9-10-20-50)45(54)39(28-42)33-51-21-11-12-22-51/h23-28,52-54H,3-22,29-33H2,1-2H3. The smallest absolute Gasteiger partial charge is 0.124 e. The molecule has 3 aromatic carbocycles. The van der Waals surface area contributed by atoms with Crippen LogP contribution in [0.5, 0.6) is 17.2 Å². The first-order valence-corrected chi connectivity index (χ1v) is 21.4. The Morgan fingerprint density at radius 3 is 0.870 bits per heavy atom. The van der Waals surface area contributed by atoms with Crippen LogP contribution in [0.1, 0.15) is 121 Å². The number of phenols is 3. The highest BCUT2D eigenvalue weighted by atomic mass is 16.3. The molecule has 5 heterocycles. The average molecular weight is 736 g/mol. The SMILES string of the molecule is Cc1cc(C(C)(c2cc(CN3CCCC3)c(O)c(CN3CCCC3)c2)c2cc(CN3CCCC3)c(O)c(CN3CCCC3)c2)cc(CN2CCCC2)c1O. The summed E-state index contributed by atoms with van der Waals surface area (Å²) in [6, 6.07) is 13.7. The van der Waals surface area contributed by atoms with E-state index in [4.69, 9.17) is 0 Å². The molecule has 0 unspecified atom stereocenters. The van der Waals surface area contributed by atoms with Crippen LogP contribution in [0, 0.1) is 6.92 Å². The van der Waals surface area contributed by atoms with Gasteiger partial charge in [-0.3, -0.25) is 24.5 Å². The van der Waals surface area contributed by atoms with E-state index >= 15 is 0 Å². The van der Waals surface area contributed by atoms with E-state index in [-0.39, 0.29) is 0 Å². The maximum Gasteiger partial charge on any atom is 0.124 e. The van der Waals surface area contributed by atoms with Crippen molar-refractivity contribution >= 4 is 0 Å². The summed E-state index contributed by atoms with van der Waals surface area (Å²) in [5.41, 5.74) is 8.80. The molecule has 0 saturated carbocycles. The Labute approximate surface area is 324 Å². The molecule has 3 N–H and O–H groups in total. The molecule has 0 aromatic heterocycles. The van der Waals surface area contributed by atoms with Crippen LogP contribution in [0.25, 0.3) is 0 Å². The van der Waals surface area contributed by atoms with Crippen molar-refractivity contribution < 1.29 is 15.3 Å². The predicted molar refractivity (Wildman–Crippen MR) is 217 cm³/mol. The zero-order valence-corrected chi connectivity index (χ0v) is 33.2. The summed E-state index contributed by atoms with van der Waals surface area (Å²) in [5.74, 6) is 1.30. The largest absolute Gasteiger partial charge is 0.507 e. The highest BCUT2D eigenvalue weighted by molar-refractivity contribution is 5.60. The Balaban J connectivity index is 1.32. The van der Waals surface area contributed by atoms with Gasteiger partial charge in [0, 0.05) is 66.0 Å². The number of hydrogen-bond acceptors (Lipinski definition) is 8. The Morgan fingerprint density at radius 2 is 0.611 bits per heavy atom. The van der Waals surface area contributed by atoms with Crippen molar-refractivity contribution in [3.63, 3.8) is 0 Å². The third-order valence-corrected chi connectivity index (χ3v) is 13.6. The first kappa shape index (κ1) is 37.8. The van der Waals surface area contributed by atoms with Gasteiger partial charge in [0.25, 0.3) is 0 Å². The number of rotatable bonds is 13. The van der Waals surface area contributed by atoms with Gasteiger partial charge in [-0.15, -0.1) is 0 Å². The second kappa shape index (κ2) is 16.5. The molecule has 292 valence electrons. The summed E-state index contributed by atoms with van der Waals surface area (Å²) in [6.45, 7) is 18.8. The minimum atomic E-state index is -0.626. The maximum atomic E-state index is 12.0. The molecule has 8 nitrogen and oxygen atoms in total. The summed E-state index contributed by atoms with van der Waals surface area (Å²) >= 11 is 0. The van der Waals surface area contributed by atoms with Crippen molar-refractivity contribution in [2.24, 2.45) is 0 Å². The number of aryl methyl sites for hydroxylation is 1. The van der Waals surface area contributed by atoms with Crippen molar-refractivity contribution in [1.29, 1.82) is 0 Å². The van der Waals surface area contributed by atoms with Gasteiger partial charge in [-0.25, -0.2) is 0 Å². The van der Waals surface area contributed by atoms with E-state index in [0.29, 0.717) is 17.2 Å². The Kier molecular flexibility index (Phi) is 11.6. The lowest BCUT2D eigenvalue weighted by atomic mass is 9.69. The van der Waals surface area contributed by atoms with Crippen LogP contribution in [0.4, 0.5) is 0 Å². The van der Waals surface area contributed by atoms with E-state index in [1.54, 1.807) is 0 Å². The molecule has 0 spiro atoms. The molecule has 0 atom stereocenters. The van der Waals surface area contributed by atoms with Gasteiger partial charge < -0.3 is 15.3 Å². The Hall–Kier alpha value is -3.14. The van der Waals surface area contributed by atoms with E-state index in [0.717, 1.165) is 137 Å². The lowest BCUT2D eigenvalue weighted by molar-refractivity contribution is 0.311. The third kappa shape index (κ3) is 8.06. The number of nitrogens with zero attached hydrogens (tertiary/aromatic N) is 5. The van der Waals surface area contributed by atoms with Crippen LogP contribution in [0.3, 0.4) is 0 Å². The van der Waals surface area contributed by atoms with Gasteiger partial charge in [0.15, 0.2) is 0 Å². The van der Waals surface area contributed by atoms with Gasteiger partial charge in [-0.1, -0.05) is 6.07 Å². The van der Waals surface area contributed by atoms with Crippen molar-refractivity contribution in [2.45, 2.75) is 116 Å². The van der Waals surface area contributed by atoms with Gasteiger partial charge in [-0.2, -0.15) is 0 Å². The van der Waals surface area contributed by atoms with E-state index in [1.807, 2.05) is 0 Å². The topological polar surface area (TPSA) is 76.9 Å². The summed E-state index contributed by atoms with van der Waals surface area (Å²) in [5, 5.41) is 35.6. The zero-order chi connectivity index (χ0) is 37.2. The first-order valence-electron chi connectivity index (χ1n) is 21.4. The van der Waals surface area contributed by atoms with E-state index < -0.39 is 5.41 Å².